The Bertz CT molecular complexity index is 585. The average molecular weight is 300 g/mol. The van der Waals surface area contributed by atoms with Crippen LogP contribution in [0, 0.1) is 11.3 Å². The first kappa shape index (κ1) is 16.0. The summed E-state index contributed by atoms with van der Waals surface area (Å²) in [7, 11) is 0. The maximum absolute atomic E-state index is 12.3. The highest BCUT2D eigenvalue weighted by atomic mass is 32.1. The Morgan fingerprint density at radius 1 is 1.43 bits per heavy atom. The molecule has 1 atom stereocenters. The number of ketones is 1. The molecule has 1 aliphatic carbocycles. The highest BCUT2D eigenvalue weighted by Gasteiger charge is 2.31. The summed E-state index contributed by atoms with van der Waals surface area (Å²) in [5.74, 6) is 0.475. The predicted molar refractivity (Wildman–Crippen MR) is 92.4 cm³/mol. The number of allylic oxidation sites excluding steroid dienone is 5. The highest BCUT2D eigenvalue weighted by Crippen LogP contribution is 2.42. The molecular formula is C19H24OS. The largest absolute Gasteiger partial charge is 0.290 e. The van der Waals surface area contributed by atoms with Gasteiger partial charge in [-0.25, -0.2) is 0 Å². The van der Waals surface area contributed by atoms with E-state index in [1.807, 2.05) is 30.5 Å². The van der Waals surface area contributed by atoms with Crippen LogP contribution in [0.25, 0.3) is 6.08 Å². The second kappa shape index (κ2) is 6.57. The number of carbonyl (C=O) groups is 1. The fraction of sp³-hybridized carbons (Fsp3) is 0.421. The van der Waals surface area contributed by atoms with Crippen LogP contribution in [0.1, 0.15) is 45.4 Å². The van der Waals surface area contributed by atoms with Crippen LogP contribution in [-0.4, -0.2) is 5.78 Å². The van der Waals surface area contributed by atoms with Gasteiger partial charge in [0.25, 0.3) is 0 Å². The van der Waals surface area contributed by atoms with E-state index in [4.69, 9.17) is 0 Å². The lowest BCUT2D eigenvalue weighted by Gasteiger charge is -2.37. The molecule has 0 N–H and O–H groups in total. The van der Waals surface area contributed by atoms with Gasteiger partial charge in [0.2, 0.25) is 0 Å². The summed E-state index contributed by atoms with van der Waals surface area (Å²) in [6.45, 7) is 8.70. The van der Waals surface area contributed by atoms with Gasteiger partial charge in [0.1, 0.15) is 0 Å². The van der Waals surface area contributed by atoms with Crippen molar-refractivity contribution in [2.75, 3.05) is 0 Å². The van der Waals surface area contributed by atoms with Gasteiger partial charge in [0, 0.05) is 10.8 Å². The minimum Gasteiger partial charge on any atom is -0.290 e. The second-order valence-electron chi connectivity index (χ2n) is 6.52. The van der Waals surface area contributed by atoms with E-state index >= 15 is 0 Å². The number of rotatable bonds is 4. The Morgan fingerprint density at radius 2 is 2.19 bits per heavy atom. The van der Waals surface area contributed by atoms with Crippen molar-refractivity contribution >= 4 is 23.2 Å². The van der Waals surface area contributed by atoms with Gasteiger partial charge >= 0.3 is 0 Å². The molecule has 0 unspecified atom stereocenters. The quantitative estimate of drug-likeness (QED) is 0.518. The van der Waals surface area contributed by atoms with Crippen LogP contribution in [0.3, 0.4) is 0 Å². The zero-order valence-electron chi connectivity index (χ0n) is 13.3. The Morgan fingerprint density at radius 3 is 2.81 bits per heavy atom. The average Bonchev–Trinajstić information content (AvgIpc) is 2.93. The van der Waals surface area contributed by atoms with E-state index in [0.717, 1.165) is 16.9 Å². The first-order valence-corrected chi connectivity index (χ1v) is 8.39. The summed E-state index contributed by atoms with van der Waals surface area (Å²) in [6, 6.07) is 4.01. The normalized spacial score (nSPS) is 22.4. The van der Waals surface area contributed by atoms with E-state index in [0.29, 0.717) is 5.92 Å². The SMILES string of the molecule is CC1=CCCC(C)(C)[C@H]1/C=C(\C)C(=O)/C=C/c1cccs1. The molecule has 2 rings (SSSR count). The molecule has 0 aromatic carbocycles. The number of carbonyl (C=O) groups excluding carboxylic acids is 1. The summed E-state index contributed by atoms with van der Waals surface area (Å²) in [4.78, 5) is 13.4. The van der Waals surface area contributed by atoms with Gasteiger partial charge in [-0.3, -0.25) is 4.79 Å². The van der Waals surface area contributed by atoms with Crippen LogP contribution in [0.5, 0.6) is 0 Å². The highest BCUT2D eigenvalue weighted by molar-refractivity contribution is 7.10. The van der Waals surface area contributed by atoms with Gasteiger partial charge in [0.15, 0.2) is 5.78 Å². The van der Waals surface area contributed by atoms with E-state index in [1.54, 1.807) is 17.4 Å². The molecular weight excluding hydrogens is 276 g/mol. The molecule has 21 heavy (non-hydrogen) atoms. The second-order valence-corrected chi connectivity index (χ2v) is 7.50. The molecule has 1 aromatic heterocycles. The van der Waals surface area contributed by atoms with Gasteiger partial charge in [0.05, 0.1) is 0 Å². The molecule has 0 saturated heterocycles. The van der Waals surface area contributed by atoms with Gasteiger partial charge < -0.3 is 0 Å². The van der Waals surface area contributed by atoms with Crippen LogP contribution in [0.4, 0.5) is 0 Å². The minimum atomic E-state index is 0.109. The van der Waals surface area contributed by atoms with Crippen molar-refractivity contribution in [3.63, 3.8) is 0 Å². The lowest BCUT2D eigenvalue weighted by Crippen LogP contribution is -2.26. The van der Waals surface area contributed by atoms with Crippen molar-refractivity contribution in [3.05, 3.63) is 51.8 Å². The van der Waals surface area contributed by atoms with E-state index < -0.39 is 0 Å². The first-order valence-electron chi connectivity index (χ1n) is 7.51. The third-order valence-corrected chi connectivity index (χ3v) is 5.17. The summed E-state index contributed by atoms with van der Waals surface area (Å²) in [5, 5.41) is 2.02. The summed E-state index contributed by atoms with van der Waals surface area (Å²) < 4.78 is 0. The molecule has 0 amide bonds. The predicted octanol–water partition coefficient (Wildman–Crippen LogP) is 5.66. The van der Waals surface area contributed by atoms with E-state index in [-0.39, 0.29) is 11.2 Å². The van der Waals surface area contributed by atoms with Crippen LogP contribution in [0.2, 0.25) is 0 Å². The Kier molecular flexibility index (Phi) is 5.00. The van der Waals surface area contributed by atoms with Gasteiger partial charge in [-0.1, -0.05) is 37.6 Å². The molecule has 2 heteroatoms. The topological polar surface area (TPSA) is 17.1 Å². The van der Waals surface area contributed by atoms with Crippen molar-refractivity contribution in [1.82, 2.24) is 0 Å². The summed E-state index contributed by atoms with van der Waals surface area (Å²) in [6.07, 6.45) is 10.4. The molecule has 0 fully saturated rings. The molecule has 1 aliphatic rings. The molecule has 112 valence electrons. The summed E-state index contributed by atoms with van der Waals surface area (Å²) in [5.41, 5.74) is 2.47. The molecule has 0 spiro atoms. The zero-order valence-corrected chi connectivity index (χ0v) is 14.2. The van der Waals surface area contributed by atoms with E-state index in [2.05, 4.69) is 32.9 Å². The Hall–Kier alpha value is -1.41. The molecule has 0 aliphatic heterocycles. The van der Waals surface area contributed by atoms with Crippen molar-refractivity contribution in [2.24, 2.45) is 11.3 Å². The first-order chi connectivity index (χ1) is 9.90. The van der Waals surface area contributed by atoms with E-state index in [1.165, 1.54) is 12.0 Å². The number of hydrogen-bond donors (Lipinski definition) is 0. The molecule has 1 aromatic rings. The van der Waals surface area contributed by atoms with Gasteiger partial charge in [-0.05, 0) is 61.3 Å². The Labute approximate surface area is 132 Å². The fourth-order valence-corrected chi connectivity index (χ4v) is 3.55. The number of hydrogen-bond acceptors (Lipinski definition) is 2. The Balaban J connectivity index is 2.14. The van der Waals surface area contributed by atoms with Crippen LogP contribution >= 0.6 is 11.3 Å². The molecule has 0 bridgehead atoms. The molecule has 0 saturated carbocycles. The monoisotopic (exact) mass is 300 g/mol. The molecule has 0 radical (unpaired) electrons. The molecule has 1 nitrogen and oxygen atoms in total. The molecule has 1 heterocycles. The van der Waals surface area contributed by atoms with E-state index in [9.17, 15) is 4.79 Å². The third kappa shape index (κ3) is 4.04. The van der Waals surface area contributed by atoms with Crippen molar-refractivity contribution in [1.29, 1.82) is 0 Å². The van der Waals surface area contributed by atoms with Crippen LogP contribution < -0.4 is 0 Å². The lowest BCUT2D eigenvalue weighted by molar-refractivity contribution is -0.111. The zero-order chi connectivity index (χ0) is 15.5. The van der Waals surface area contributed by atoms with Crippen molar-refractivity contribution < 1.29 is 4.79 Å². The van der Waals surface area contributed by atoms with Crippen molar-refractivity contribution in [3.8, 4) is 0 Å². The maximum Gasteiger partial charge on any atom is 0.181 e. The fourth-order valence-electron chi connectivity index (χ4n) is 2.94. The van der Waals surface area contributed by atoms with Crippen LogP contribution in [-0.2, 0) is 4.79 Å². The maximum atomic E-state index is 12.3. The number of thiophene rings is 1. The van der Waals surface area contributed by atoms with Crippen molar-refractivity contribution in [2.45, 2.75) is 40.5 Å². The van der Waals surface area contributed by atoms with Crippen LogP contribution in [0.15, 0.2) is 46.9 Å². The van der Waals surface area contributed by atoms with Gasteiger partial charge in [-0.15, -0.1) is 11.3 Å². The third-order valence-electron chi connectivity index (χ3n) is 4.33. The minimum absolute atomic E-state index is 0.109. The summed E-state index contributed by atoms with van der Waals surface area (Å²) >= 11 is 1.64. The smallest absolute Gasteiger partial charge is 0.181 e. The standard InChI is InChI=1S/C19H24OS/c1-14-7-5-11-19(3,4)17(14)13-15(2)18(20)10-9-16-8-6-12-21-16/h6-10,12-13,17H,5,11H2,1-4H3/b10-9+,15-13+/t17-/m0/s1. The van der Waals surface area contributed by atoms with Gasteiger partial charge in [-0.2, -0.15) is 0 Å². The lowest BCUT2D eigenvalue weighted by atomic mass is 9.68.